The van der Waals surface area contributed by atoms with E-state index >= 15 is 0 Å². The molecule has 0 bridgehead atoms. The van der Waals surface area contributed by atoms with Crippen molar-refractivity contribution in [3.8, 4) is 0 Å². The molecule has 1 aromatic rings. The zero-order valence-electron chi connectivity index (χ0n) is 40.2. The summed E-state index contributed by atoms with van der Waals surface area (Å²) in [5.74, 6) is 2.48. The van der Waals surface area contributed by atoms with E-state index in [1.807, 2.05) is 69.8 Å². The molecule has 1 aliphatic carbocycles. The average Bonchev–Trinajstić information content (AvgIpc) is 3.05. The fourth-order valence-electron chi connectivity index (χ4n) is 6.97. The van der Waals surface area contributed by atoms with Crippen molar-refractivity contribution in [3.63, 3.8) is 0 Å². The Hall–Kier alpha value is -1.27. The van der Waals surface area contributed by atoms with E-state index in [0.29, 0.717) is 11.2 Å². The normalized spacial score (nSPS) is 16.6. The van der Waals surface area contributed by atoms with Crippen LogP contribution in [0.5, 0.6) is 0 Å². The van der Waals surface area contributed by atoms with E-state index in [1.54, 1.807) is 0 Å². The van der Waals surface area contributed by atoms with E-state index in [4.69, 9.17) is 9.39 Å². The lowest BCUT2D eigenvalue weighted by atomic mass is 9.66. The first-order chi connectivity index (χ1) is 25.1. The lowest BCUT2D eigenvalue weighted by Gasteiger charge is -2.38. The summed E-state index contributed by atoms with van der Waals surface area (Å²) in [4.78, 5) is 24.5. The molecule has 1 saturated carbocycles. The number of Topliss-reactive ketones (excluding diaryl/α,β-unsaturated/α-hetero) is 1. The van der Waals surface area contributed by atoms with Gasteiger partial charge in [-0.15, -0.1) is 0 Å². The van der Waals surface area contributed by atoms with Gasteiger partial charge in [0.2, 0.25) is 0 Å². The van der Waals surface area contributed by atoms with Crippen molar-refractivity contribution in [2.24, 2.45) is 29.1 Å². The minimum Gasteiger partial charge on any atom is -0.460 e. The largest absolute Gasteiger partial charge is 0.460 e. The van der Waals surface area contributed by atoms with Crippen LogP contribution in [0.1, 0.15) is 220 Å². The Morgan fingerprint density at radius 2 is 1.33 bits per heavy atom. The summed E-state index contributed by atoms with van der Waals surface area (Å²) in [5.41, 5.74) is 2.83. The van der Waals surface area contributed by atoms with Crippen LogP contribution in [0.3, 0.4) is 0 Å². The molecule has 4 nitrogen and oxygen atoms in total. The SMILES string of the molecule is CCC(C)C(=O)OC(C)(C)C.CCCC(C)(C)CC.CCCC(CCC)(C(=O)C(C)C)c1ccc([B]OC(C)(C)C(C)(C)S)cc1C.CCCC1CC(C)C1. The number of ketones is 1. The Bertz CT molecular complexity index is 1190. The van der Waals surface area contributed by atoms with Crippen molar-refractivity contribution in [2.75, 3.05) is 0 Å². The monoisotopic (exact) mass is 788 g/mol. The molecule has 0 N–H and O–H groups in total. The van der Waals surface area contributed by atoms with Gasteiger partial charge in [0, 0.05) is 10.7 Å². The molecule has 6 heteroatoms. The van der Waals surface area contributed by atoms with Gasteiger partial charge in [-0.1, -0.05) is 145 Å². The van der Waals surface area contributed by atoms with Crippen LogP contribution in [0, 0.1) is 36.0 Å². The second-order valence-electron chi connectivity index (χ2n) is 19.8. The van der Waals surface area contributed by atoms with Crippen molar-refractivity contribution < 1.29 is 19.0 Å². The van der Waals surface area contributed by atoms with Gasteiger partial charge in [-0.05, 0) is 122 Å². The summed E-state index contributed by atoms with van der Waals surface area (Å²) in [6, 6.07) is 6.37. The first kappa shape index (κ1) is 55.8. The minimum atomic E-state index is -0.398. The smallest absolute Gasteiger partial charge is 0.330 e. The number of carbonyl (C=O) groups excluding carboxylic acids is 2. The number of benzene rings is 1. The molecule has 0 aromatic heterocycles. The first-order valence-corrected chi connectivity index (χ1v) is 22.7. The second-order valence-corrected chi connectivity index (χ2v) is 20.9. The summed E-state index contributed by atoms with van der Waals surface area (Å²) < 4.78 is 11.0. The van der Waals surface area contributed by atoms with Gasteiger partial charge in [0.1, 0.15) is 11.4 Å². The van der Waals surface area contributed by atoms with E-state index in [-0.39, 0.29) is 33.6 Å². The molecule has 55 heavy (non-hydrogen) atoms. The predicted octanol–water partition coefficient (Wildman–Crippen LogP) is 14.2. The van der Waals surface area contributed by atoms with E-state index in [0.717, 1.165) is 55.0 Å². The molecular weight excluding hydrogens is 695 g/mol. The molecule has 0 heterocycles. The highest BCUT2D eigenvalue weighted by Crippen LogP contribution is 2.39. The Kier molecular flexibility index (Phi) is 26.4. The molecule has 2 rings (SSSR count). The van der Waals surface area contributed by atoms with Crippen molar-refractivity contribution in [3.05, 3.63) is 29.3 Å². The Labute approximate surface area is 350 Å². The highest BCUT2D eigenvalue weighted by molar-refractivity contribution is 7.81. The standard InChI is InChI=1S/C24H40BO2S.C9H18O2.C8H16.C8H18/c1-10-14-24(15-11-2,21(26)17(3)4)20-13-12-19(16-18(20)5)25-27-22(6,7)23(8,9)28;1-6-7(2)8(10)11-9(3,4)5;1-3-4-8-5-7(2)6-8;1-5-7-8(3,4)6-2/h12-13,16-17,28H,10-11,14-15H2,1-9H3;7H,6H2,1-5H3;7-8H,3-6H2,1-2H3;5-7H2,1-4H3. The zero-order chi connectivity index (χ0) is 43.4. The maximum Gasteiger partial charge on any atom is 0.330 e. The van der Waals surface area contributed by atoms with Gasteiger partial charge in [-0.2, -0.15) is 12.6 Å². The van der Waals surface area contributed by atoms with Crippen LogP contribution in [0.2, 0.25) is 0 Å². The third-order valence-electron chi connectivity index (χ3n) is 11.6. The van der Waals surface area contributed by atoms with Crippen LogP contribution >= 0.6 is 12.6 Å². The summed E-state index contributed by atoms with van der Waals surface area (Å²) >= 11 is 4.66. The second kappa shape index (κ2) is 26.0. The summed E-state index contributed by atoms with van der Waals surface area (Å²) in [6.07, 6.45) is 14.5. The molecule has 1 fully saturated rings. The Balaban J connectivity index is 0. The molecule has 1 radical (unpaired) electrons. The number of thiol groups is 1. The van der Waals surface area contributed by atoms with E-state index in [1.165, 1.54) is 50.5 Å². The summed E-state index contributed by atoms with van der Waals surface area (Å²) in [5, 5.41) is 0. The van der Waals surface area contributed by atoms with Crippen molar-refractivity contribution >= 4 is 37.3 Å². The van der Waals surface area contributed by atoms with Crippen molar-refractivity contribution in [2.45, 2.75) is 237 Å². The van der Waals surface area contributed by atoms with Gasteiger partial charge < -0.3 is 9.39 Å². The van der Waals surface area contributed by atoms with E-state index in [2.05, 4.69) is 107 Å². The lowest BCUT2D eigenvalue weighted by Crippen LogP contribution is -2.46. The van der Waals surface area contributed by atoms with Gasteiger partial charge in [0.15, 0.2) is 0 Å². The Morgan fingerprint density at radius 1 is 0.818 bits per heavy atom. The van der Waals surface area contributed by atoms with E-state index < -0.39 is 5.60 Å². The van der Waals surface area contributed by atoms with Crippen LogP contribution in [0.4, 0.5) is 0 Å². The molecule has 1 aromatic carbocycles. The molecule has 1 aliphatic rings. The van der Waals surface area contributed by atoms with Crippen molar-refractivity contribution in [1.82, 2.24) is 0 Å². The fraction of sp³-hybridized carbons (Fsp3) is 0.837. The molecule has 1 unspecified atom stereocenters. The predicted molar refractivity (Wildman–Crippen MR) is 247 cm³/mol. The lowest BCUT2D eigenvalue weighted by molar-refractivity contribution is -0.159. The molecular formula is C49H92BO4S. The summed E-state index contributed by atoms with van der Waals surface area (Å²) in [7, 11) is 1.82. The number of hydrogen-bond donors (Lipinski definition) is 1. The fourth-order valence-corrected chi connectivity index (χ4v) is 7.02. The maximum absolute atomic E-state index is 13.3. The first-order valence-electron chi connectivity index (χ1n) is 22.2. The molecule has 0 amide bonds. The van der Waals surface area contributed by atoms with Crippen LogP contribution < -0.4 is 5.46 Å². The van der Waals surface area contributed by atoms with Crippen LogP contribution in [0.15, 0.2) is 18.2 Å². The van der Waals surface area contributed by atoms with Crippen LogP contribution in [0.25, 0.3) is 0 Å². The van der Waals surface area contributed by atoms with Gasteiger partial charge in [0.25, 0.3) is 0 Å². The number of hydrogen-bond acceptors (Lipinski definition) is 5. The molecule has 0 spiro atoms. The number of carbonyl (C=O) groups is 2. The van der Waals surface area contributed by atoms with Crippen LogP contribution in [-0.2, 0) is 24.4 Å². The third kappa shape index (κ3) is 21.4. The van der Waals surface area contributed by atoms with Crippen molar-refractivity contribution in [1.29, 1.82) is 0 Å². The number of rotatable bonds is 18. The number of esters is 1. The molecule has 321 valence electrons. The highest BCUT2D eigenvalue weighted by atomic mass is 32.1. The highest BCUT2D eigenvalue weighted by Gasteiger charge is 2.40. The molecule has 1 atom stereocenters. The third-order valence-corrected chi connectivity index (χ3v) is 12.1. The van der Waals surface area contributed by atoms with E-state index in [9.17, 15) is 9.59 Å². The average molecular weight is 788 g/mol. The summed E-state index contributed by atoms with van der Waals surface area (Å²) in [6.45, 7) is 42.0. The van der Waals surface area contributed by atoms with Gasteiger partial charge in [-0.3, -0.25) is 9.59 Å². The van der Waals surface area contributed by atoms with Gasteiger partial charge in [-0.25, -0.2) is 0 Å². The zero-order valence-corrected chi connectivity index (χ0v) is 41.1. The quantitative estimate of drug-likeness (QED) is 0.0915. The Morgan fingerprint density at radius 3 is 1.65 bits per heavy atom. The maximum atomic E-state index is 13.3. The van der Waals surface area contributed by atoms with Crippen LogP contribution in [-0.4, -0.2) is 35.2 Å². The topological polar surface area (TPSA) is 52.6 Å². The number of aryl methyl sites for hydroxylation is 1. The van der Waals surface area contributed by atoms with Gasteiger partial charge >= 0.3 is 13.5 Å². The molecule has 0 aliphatic heterocycles. The number of ether oxygens (including phenoxy) is 1. The minimum absolute atomic E-state index is 0.0224. The van der Waals surface area contributed by atoms with Gasteiger partial charge in [0.05, 0.1) is 16.9 Å². The molecule has 0 saturated heterocycles.